The quantitative estimate of drug-likeness (QED) is 0.325. The van der Waals surface area contributed by atoms with Crippen LogP contribution in [0.5, 0.6) is 0 Å². The Balaban J connectivity index is 0.00000112. The molecule has 0 aromatic heterocycles. The maximum Gasteiger partial charge on any atom is 0.317 e. The molecule has 2 amide bonds. The van der Waals surface area contributed by atoms with E-state index < -0.39 is 17.9 Å². The number of hydrogen-bond acceptors (Lipinski definition) is 9. The van der Waals surface area contributed by atoms with Crippen molar-refractivity contribution < 1.29 is 39.3 Å². The number of imide groups is 1. The molecule has 1 aromatic carbocycles. The van der Waals surface area contributed by atoms with Crippen molar-refractivity contribution in [3.63, 3.8) is 0 Å². The number of amides is 2. The van der Waals surface area contributed by atoms with E-state index in [1.807, 2.05) is 9.80 Å². The third-order valence-electron chi connectivity index (χ3n) is 5.91. The van der Waals surface area contributed by atoms with E-state index in [0.29, 0.717) is 70.0 Å². The molecule has 13 heteroatoms. The summed E-state index contributed by atoms with van der Waals surface area (Å²) in [5.74, 6) is -3.24. The molecule has 37 heavy (non-hydrogen) atoms. The zero-order valence-electron chi connectivity index (χ0n) is 21.0. The number of rotatable bonds is 7. The van der Waals surface area contributed by atoms with Crippen LogP contribution in [0.25, 0.3) is 0 Å². The summed E-state index contributed by atoms with van der Waals surface area (Å²) in [5, 5.41) is 29.1. The van der Waals surface area contributed by atoms with Crippen molar-refractivity contribution in [1.82, 2.24) is 24.9 Å². The molecule has 2 aliphatic rings. The first-order valence-electron chi connectivity index (χ1n) is 12.0. The minimum absolute atomic E-state index is 0.0704. The molecule has 3 rings (SSSR count). The Hall–Kier alpha value is -3.39. The predicted octanol–water partition coefficient (Wildman–Crippen LogP) is -0.948. The average Bonchev–Trinajstić information content (AvgIpc) is 3.05. The van der Waals surface area contributed by atoms with Crippen LogP contribution in [0.2, 0.25) is 0 Å². The Morgan fingerprint density at radius 3 is 1.54 bits per heavy atom. The van der Waals surface area contributed by atoms with Crippen LogP contribution in [0, 0.1) is 0 Å². The van der Waals surface area contributed by atoms with E-state index in [0.717, 1.165) is 6.92 Å². The predicted molar refractivity (Wildman–Crippen MR) is 133 cm³/mol. The van der Waals surface area contributed by atoms with Gasteiger partial charge in [0.15, 0.2) is 0 Å². The van der Waals surface area contributed by atoms with E-state index in [-0.39, 0.29) is 31.4 Å². The molecule has 0 saturated carbocycles. The van der Waals surface area contributed by atoms with E-state index in [1.54, 1.807) is 24.3 Å². The van der Waals surface area contributed by atoms with Gasteiger partial charge in [0, 0.05) is 72.4 Å². The summed E-state index contributed by atoms with van der Waals surface area (Å²) < 4.78 is 0. The average molecular weight is 522 g/mol. The van der Waals surface area contributed by atoms with Crippen LogP contribution in [-0.2, 0) is 14.4 Å². The zero-order valence-corrected chi connectivity index (χ0v) is 21.0. The molecule has 0 unspecified atom stereocenters. The largest absolute Gasteiger partial charge is 0.481 e. The third-order valence-corrected chi connectivity index (χ3v) is 5.91. The van der Waals surface area contributed by atoms with Crippen molar-refractivity contribution in [3.8, 4) is 0 Å². The molecule has 204 valence electrons. The Kier molecular flexibility index (Phi) is 12.1. The topological polar surface area (TPSA) is 171 Å². The number of carbonyl (C=O) groups is 5. The maximum atomic E-state index is 12.7. The van der Waals surface area contributed by atoms with E-state index in [9.17, 15) is 29.4 Å². The number of hydrogen-bond donors (Lipinski definition) is 4. The standard InChI is InChI=1S/C22H31N5O6.C2H4O2/c28-19(29)15-25-7-5-23-6-8-26(16-20(30)31)12-10-24(9-11-25)13-14-27-21(32)17-3-1-2-4-18(17)22(27)33;1-2(3)4/h1-4,23H,5-16H2,(H,28,29)(H,30,31);1H3,(H,3,4). The third kappa shape index (κ3) is 10.2. The molecule has 0 bridgehead atoms. The minimum atomic E-state index is -0.896. The Labute approximate surface area is 215 Å². The number of benzene rings is 1. The number of fused-ring (bicyclic) bond motifs is 1. The summed E-state index contributed by atoms with van der Waals surface area (Å²) in [4.78, 5) is 63.8. The van der Waals surface area contributed by atoms with Gasteiger partial charge in [-0.1, -0.05) is 12.1 Å². The van der Waals surface area contributed by atoms with Gasteiger partial charge in [-0.3, -0.25) is 43.6 Å². The smallest absolute Gasteiger partial charge is 0.317 e. The van der Waals surface area contributed by atoms with Gasteiger partial charge in [-0.2, -0.15) is 0 Å². The second-order valence-electron chi connectivity index (χ2n) is 8.76. The van der Waals surface area contributed by atoms with Gasteiger partial charge in [0.2, 0.25) is 0 Å². The van der Waals surface area contributed by atoms with Crippen LogP contribution >= 0.6 is 0 Å². The monoisotopic (exact) mass is 521 g/mol. The van der Waals surface area contributed by atoms with Crippen LogP contribution in [0.4, 0.5) is 0 Å². The van der Waals surface area contributed by atoms with Gasteiger partial charge in [-0.05, 0) is 12.1 Å². The van der Waals surface area contributed by atoms with Gasteiger partial charge in [0.1, 0.15) is 0 Å². The van der Waals surface area contributed by atoms with Crippen LogP contribution in [0.15, 0.2) is 24.3 Å². The molecule has 13 nitrogen and oxygen atoms in total. The van der Waals surface area contributed by atoms with Crippen molar-refractivity contribution in [2.75, 3.05) is 78.5 Å². The second-order valence-corrected chi connectivity index (χ2v) is 8.76. The van der Waals surface area contributed by atoms with E-state index in [1.165, 1.54) is 4.90 Å². The Morgan fingerprint density at radius 1 is 0.730 bits per heavy atom. The van der Waals surface area contributed by atoms with Gasteiger partial charge in [-0.15, -0.1) is 0 Å². The number of carbonyl (C=O) groups excluding carboxylic acids is 2. The molecule has 4 N–H and O–H groups in total. The number of carboxylic acids is 3. The summed E-state index contributed by atoms with van der Waals surface area (Å²) in [6.07, 6.45) is 0. The summed E-state index contributed by atoms with van der Waals surface area (Å²) in [7, 11) is 0. The van der Waals surface area contributed by atoms with Crippen molar-refractivity contribution in [1.29, 1.82) is 0 Å². The van der Waals surface area contributed by atoms with Crippen LogP contribution in [-0.4, -0.2) is 143 Å². The van der Waals surface area contributed by atoms with Crippen molar-refractivity contribution in [2.24, 2.45) is 0 Å². The molecule has 1 saturated heterocycles. The molecule has 0 aliphatic carbocycles. The number of aliphatic carboxylic acids is 3. The van der Waals surface area contributed by atoms with Gasteiger partial charge in [-0.25, -0.2) is 0 Å². The van der Waals surface area contributed by atoms with Gasteiger partial charge < -0.3 is 20.6 Å². The van der Waals surface area contributed by atoms with Crippen LogP contribution in [0.3, 0.4) is 0 Å². The fourth-order valence-corrected chi connectivity index (χ4v) is 4.11. The fourth-order valence-electron chi connectivity index (χ4n) is 4.11. The fraction of sp³-hybridized carbons (Fsp3) is 0.542. The molecule has 2 heterocycles. The van der Waals surface area contributed by atoms with E-state index in [2.05, 4.69) is 10.2 Å². The van der Waals surface area contributed by atoms with Crippen molar-refractivity contribution in [3.05, 3.63) is 35.4 Å². The minimum Gasteiger partial charge on any atom is -0.481 e. The highest BCUT2D eigenvalue weighted by molar-refractivity contribution is 6.21. The second kappa shape index (κ2) is 15.0. The molecular weight excluding hydrogens is 486 g/mol. The Bertz CT molecular complexity index is 903. The summed E-state index contributed by atoms with van der Waals surface area (Å²) in [6.45, 7) is 5.98. The maximum absolute atomic E-state index is 12.7. The van der Waals surface area contributed by atoms with Gasteiger partial charge in [0.25, 0.3) is 17.8 Å². The molecule has 0 radical (unpaired) electrons. The lowest BCUT2D eigenvalue weighted by atomic mass is 10.1. The van der Waals surface area contributed by atoms with Crippen molar-refractivity contribution in [2.45, 2.75) is 6.92 Å². The first-order chi connectivity index (χ1) is 17.6. The first kappa shape index (κ1) is 29.8. The lowest BCUT2D eigenvalue weighted by Crippen LogP contribution is -2.48. The van der Waals surface area contributed by atoms with E-state index in [4.69, 9.17) is 9.90 Å². The molecule has 2 aliphatic heterocycles. The SMILES string of the molecule is CC(=O)O.O=C(O)CN1CCNCCN(CC(=O)O)CCN(CCN2C(=O)c3ccccc3C2=O)CC1. The molecular formula is C24H35N5O8. The molecule has 1 aromatic rings. The highest BCUT2D eigenvalue weighted by Crippen LogP contribution is 2.22. The number of nitrogens with one attached hydrogen (secondary N) is 1. The lowest BCUT2D eigenvalue weighted by Gasteiger charge is -2.31. The Morgan fingerprint density at radius 2 is 1.14 bits per heavy atom. The molecule has 0 atom stereocenters. The van der Waals surface area contributed by atoms with Crippen molar-refractivity contribution >= 4 is 29.7 Å². The number of carboxylic acid groups (broad SMARTS) is 3. The molecule has 0 spiro atoms. The summed E-state index contributed by atoms with van der Waals surface area (Å²) >= 11 is 0. The van der Waals surface area contributed by atoms with Crippen LogP contribution in [0.1, 0.15) is 27.6 Å². The zero-order chi connectivity index (χ0) is 27.4. The normalized spacial score (nSPS) is 18.2. The number of nitrogens with zero attached hydrogens (tertiary/aromatic N) is 4. The first-order valence-corrected chi connectivity index (χ1v) is 12.0. The summed E-state index contributed by atoms with van der Waals surface area (Å²) in [6, 6.07) is 6.75. The molecule has 1 fully saturated rings. The van der Waals surface area contributed by atoms with Gasteiger partial charge in [0.05, 0.1) is 24.2 Å². The van der Waals surface area contributed by atoms with E-state index >= 15 is 0 Å². The lowest BCUT2D eigenvalue weighted by molar-refractivity contribution is -0.139. The van der Waals surface area contributed by atoms with Crippen LogP contribution < -0.4 is 5.32 Å². The highest BCUT2D eigenvalue weighted by Gasteiger charge is 2.35. The summed E-state index contributed by atoms with van der Waals surface area (Å²) in [5.41, 5.74) is 0.813. The highest BCUT2D eigenvalue weighted by atomic mass is 16.4. The van der Waals surface area contributed by atoms with Gasteiger partial charge >= 0.3 is 11.9 Å².